The molecule has 0 aliphatic heterocycles. The predicted molar refractivity (Wildman–Crippen MR) is 81.8 cm³/mol. The molecule has 108 valence electrons. The Morgan fingerprint density at radius 3 is 2.26 bits per heavy atom. The van der Waals surface area contributed by atoms with Gasteiger partial charge in [0.05, 0.1) is 20.8 Å². The average molecular weight is 324 g/mol. The Morgan fingerprint density at radius 1 is 1.26 bits per heavy atom. The zero-order chi connectivity index (χ0) is 14.8. The predicted octanol–water partition coefficient (Wildman–Crippen LogP) is 3.47. The minimum atomic E-state index is -3.23. The highest BCUT2D eigenvalue weighted by molar-refractivity contribution is 7.92. The summed E-state index contributed by atoms with van der Waals surface area (Å²) in [4.78, 5) is 0. The fourth-order valence-corrected chi connectivity index (χ4v) is 2.83. The molecule has 0 aliphatic rings. The van der Waals surface area contributed by atoms with Gasteiger partial charge in [0.25, 0.3) is 0 Å². The van der Waals surface area contributed by atoms with Crippen molar-refractivity contribution in [1.29, 1.82) is 0 Å². The maximum Gasteiger partial charge on any atom is 0.154 e. The first kappa shape index (κ1) is 16.8. The molecule has 1 N–H and O–H groups in total. The number of benzene rings is 1. The third-order valence-electron chi connectivity index (χ3n) is 3.34. The molecule has 0 fully saturated rings. The Bertz CT molecular complexity index is 556. The lowest BCUT2D eigenvalue weighted by molar-refractivity contribution is 0.428. The molecule has 3 nitrogen and oxygen atoms in total. The van der Waals surface area contributed by atoms with Gasteiger partial charge in [0, 0.05) is 6.26 Å². The van der Waals surface area contributed by atoms with Crippen LogP contribution in [0.3, 0.4) is 0 Å². The Balaban J connectivity index is 3.32. The van der Waals surface area contributed by atoms with Crippen molar-refractivity contribution in [1.82, 2.24) is 5.32 Å². The van der Waals surface area contributed by atoms with Crippen molar-refractivity contribution >= 4 is 33.0 Å². The topological polar surface area (TPSA) is 46.2 Å². The zero-order valence-electron chi connectivity index (χ0n) is 11.5. The Hall–Kier alpha value is -0.290. The smallest absolute Gasteiger partial charge is 0.154 e. The molecule has 0 radical (unpaired) electrons. The van der Waals surface area contributed by atoms with E-state index in [2.05, 4.69) is 5.32 Å². The van der Waals surface area contributed by atoms with Crippen LogP contribution in [0.4, 0.5) is 0 Å². The summed E-state index contributed by atoms with van der Waals surface area (Å²) in [5.74, 6) is 0. The van der Waals surface area contributed by atoms with Crippen LogP contribution < -0.4 is 5.32 Å². The van der Waals surface area contributed by atoms with Gasteiger partial charge >= 0.3 is 0 Å². The molecule has 0 saturated carbocycles. The van der Waals surface area contributed by atoms with E-state index in [0.717, 1.165) is 5.56 Å². The van der Waals surface area contributed by atoms with Gasteiger partial charge < -0.3 is 5.32 Å². The first-order chi connectivity index (χ1) is 8.61. The van der Waals surface area contributed by atoms with Crippen LogP contribution in [-0.4, -0.2) is 26.0 Å². The summed E-state index contributed by atoms with van der Waals surface area (Å²) in [6, 6.07) is 4.85. The van der Waals surface area contributed by atoms with Crippen LogP contribution in [-0.2, 0) is 9.84 Å². The van der Waals surface area contributed by atoms with E-state index >= 15 is 0 Å². The van der Waals surface area contributed by atoms with E-state index in [9.17, 15) is 8.42 Å². The molecule has 0 heterocycles. The van der Waals surface area contributed by atoms with Crippen molar-refractivity contribution in [2.45, 2.75) is 31.6 Å². The summed E-state index contributed by atoms with van der Waals surface area (Å²) < 4.78 is 23.0. The summed E-state index contributed by atoms with van der Waals surface area (Å²) in [5, 5.41) is 4.09. The number of halogens is 2. The summed E-state index contributed by atoms with van der Waals surface area (Å²) in [6.07, 6.45) is 1.24. The molecular weight excluding hydrogens is 305 g/mol. The minimum Gasteiger partial charge on any atom is -0.309 e. The van der Waals surface area contributed by atoms with E-state index in [1.807, 2.05) is 6.92 Å². The standard InChI is InChI=1S/C13H19Cl2NO2S/c1-5-16-12(13(2,3)19(4,17)18)9-6-7-10(14)11(15)8-9/h6-8,12,16H,5H2,1-4H3. The SMILES string of the molecule is CCNC(c1ccc(Cl)c(Cl)c1)C(C)(C)S(C)(=O)=O. The molecule has 1 aromatic rings. The first-order valence-electron chi connectivity index (χ1n) is 5.99. The van der Waals surface area contributed by atoms with Crippen LogP contribution in [0.15, 0.2) is 18.2 Å². The van der Waals surface area contributed by atoms with Gasteiger partial charge in [-0.1, -0.05) is 36.2 Å². The number of hydrogen-bond donors (Lipinski definition) is 1. The molecule has 1 atom stereocenters. The zero-order valence-corrected chi connectivity index (χ0v) is 13.8. The third-order valence-corrected chi connectivity index (χ3v) is 6.22. The number of nitrogens with one attached hydrogen (secondary N) is 1. The lowest BCUT2D eigenvalue weighted by Crippen LogP contribution is -2.45. The fourth-order valence-electron chi connectivity index (χ4n) is 1.88. The van der Waals surface area contributed by atoms with Crippen LogP contribution in [0.1, 0.15) is 32.4 Å². The number of sulfone groups is 1. The highest BCUT2D eigenvalue weighted by atomic mass is 35.5. The minimum absolute atomic E-state index is 0.345. The third kappa shape index (κ3) is 3.63. The monoisotopic (exact) mass is 323 g/mol. The van der Waals surface area contributed by atoms with Crippen LogP contribution in [0.5, 0.6) is 0 Å². The van der Waals surface area contributed by atoms with E-state index in [4.69, 9.17) is 23.2 Å². The van der Waals surface area contributed by atoms with Gasteiger partial charge in [0.1, 0.15) is 0 Å². The Morgan fingerprint density at radius 2 is 1.84 bits per heavy atom. The largest absolute Gasteiger partial charge is 0.309 e. The summed E-state index contributed by atoms with van der Waals surface area (Å²) in [7, 11) is -3.23. The molecule has 1 unspecified atom stereocenters. The maximum atomic E-state index is 12.0. The number of hydrogen-bond acceptors (Lipinski definition) is 3. The van der Waals surface area contributed by atoms with Gasteiger partial charge in [-0.15, -0.1) is 0 Å². The normalized spacial score (nSPS) is 14.4. The van der Waals surface area contributed by atoms with Gasteiger partial charge in [0.2, 0.25) is 0 Å². The molecule has 0 spiro atoms. The first-order valence-corrected chi connectivity index (χ1v) is 8.64. The van der Waals surface area contributed by atoms with Crippen molar-refractivity contribution in [2.24, 2.45) is 0 Å². The molecule has 19 heavy (non-hydrogen) atoms. The molecule has 0 aliphatic carbocycles. The van der Waals surface area contributed by atoms with Gasteiger partial charge in [-0.3, -0.25) is 0 Å². The van der Waals surface area contributed by atoms with E-state index in [1.165, 1.54) is 6.26 Å². The summed E-state index contributed by atoms with van der Waals surface area (Å²) >= 11 is 11.9. The molecule has 0 saturated heterocycles. The van der Waals surface area contributed by atoms with Crippen molar-refractivity contribution in [3.8, 4) is 0 Å². The van der Waals surface area contributed by atoms with Crippen molar-refractivity contribution in [3.63, 3.8) is 0 Å². The van der Waals surface area contributed by atoms with Gasteiger partial charge in [-0.05, 0) is 38.1 Å². The van der Waals surface area contributed by atoms with Crippen LogP contribution in [0, 0.1) is 0 Å². The van der Waals surface area contributed by atoms with Crippen LogP contribution >= 0.6 is 23.2 Å². The van der Waals surface area contributed by atoms with Crippen LogP contribution in [0.2, 0.25) is 10.0 Å². The lowest BCUT2D eigenvalue weighted by atomic mass is 9.95. The second-order valence-corrected chi connectivity index (χ2v) is 8.45. The van der Waals surface area contributed by atoms with Gasteiger partial charge in [-0.2, -0.15) is 0 Å². The molecule has 1 aromatic carbocycles. The molecule has 0 aromatic heterocycles. The molecule has 0 amide bonds. The van der Waals surface area contributed by atoms with Crippen molar-refractivity contribution in [3.05, 3.63) is 33.8 Å². The summed E-state index contributed by atoms with van der Waals surface area (Å²) in [5.41, 5.74) is 0.812. The average Bonchev–Trinajstić information content (AvgIpc) is 2.28. The molecular formula is C13H19Cl2NO2S. The van der Waals surface area contributed by atoms with E-state index in [1.54, 1.807) is 32.0 Å². The Kier molecular flexibility index (Phi) is 5.29. The van der Waals surface area contributed by atoms with E-state index < -0.39 is 14.6 Å². The fraction of sp³-hybridized carbons (Fsp3) is 0.538. The maximum absolute atomic E-state index is 12.0. The van der Waals surface area contributed by atoms with E-state index in [-0.39, 0.29) is 6.04 Å². The second kappa shape index (κ2) is 6.00. The van der Waals surface area contributed by atoms with Gasteiger partial charge in [0.15, 0.2) is 9.84 Å². The van der Waals surface area contributed by atoms with Crippen molar-refractivity contribution < 1.29 is 8.42 Å². The van der Waals surface area contributed by atoms with Crippen LogP contribution in [0.25, 0.3) is 0 Å². The van der Waals surface area contributed by atoms with E-state index in [0.29, 0.717) is 16.6 Å². The molecule has 1 rings (SSSR count). The summed E-state index contributed by atoms with van der Waals surface area (Å²) in [6.45, 7) is 6.00. The van der Waals surface area contributed by atoms with Gasteiger partial charge in [-0.25, -0.2) is 8.42 Å². The quantitative estimate of drug-likeness (QED) is 0.902. The second-order valence-electron chi connectivity index (χ2n) is 5.04. The molecule has 0 bridgehead atoms. The highest BCUT2D eigenvalue weighted by Crippen LogP contribution is 2.34. The molecule has 6 heteroatoms. The highest BCUT2D eigenvalue weighted by Gasteiger charge is 2.39. The Labute approximate surface area is 125 Å². The lowest BCUT2D eigenvalue weighted by Gasteiger charge is -2.33. The van der Waals surface area contributed by atoms with Crippen molar-refractivity contribution in [2.75, 3.05) is 12.8 Å². The number of rotatable bonds is 5.